The van der Waals surface area contributed by atoms with Crippen LogP contribution in [0.4, 0.5) is 0 Å². The number of aliphatic hydroxyl groups is 1. The molecule has 1 N–H and O–H groups in total. The van der Waals surface area contributed by atoms with Crippen LogP contribution in [-0.4, -0.2) is 10.1 Å². The zero-order chi connectivity index (χ0) is 12.5. The van der Waals surface area contributed by atoms with Crippen molar-refractivity contribution in [2.75, 3.05) is 0 Å². The Morgan fingerprint density at radius 2 is 2.00 bits per heavy atom. The molecule has 3 aromatic rings. The third-order valence-electron chi connectivity index (χ3n) is 2.84. The zero-order valence-electron chi connectivity index (χ0n) is 9.38. The highest BCUT2D eigenvalue weighted by atomic mass is 35.5. The van der Waals surface area contributed by atoms with Gasteiger partial charge in [-0.05, 0) is 41.4 Å². The number of hydrogen-bond acceptors (Lipinski definition) is 3. The Labute approximate surface area is 109 Å². The molecule has 0 saturated carbocycles. The number of nitrogens with zero attached hydrogens (tertiary/aromatic N) is 1. The monoisotopic (exact) mass is 259 g/mol. The fourth-order valence-corrected chi connectivity index (χ4v) is 2.15. The summed E-state index contributed by atoms with van der Waals surface area (Å²) in [5.41, 5.74) is 1.60. The number of pyridine rings is 1. The van der Waals surface area contributed by atoms with Crippen LogP contribution in [0.25, 0.3) is 10.9 Å². The molecule has 0 amide bonds. The first-order valence-corrected chi connectivity index (χ1v) is 5.90. The highest BCUT2D eigenvalue weighted by Gasteiger charge is 2.17. The predicted molar refractivity (Wildman–Crippen MR) is 69.5 cm³/mol. The lowest BCUT2D eigenvalue weighted by molar-refractivity contribution is 0.191. The fraction of sp³-hybridized carbons (Fsp3) is 0.0714. The van der Waals surface area contributed by atoms with Crippen LogP contribution in [0, 0.1) is 0 Å². The quantitative estimate of drug-likeness (QED) is 0.765. The first-order valence-electron chi connectivity index (χ1n) is 5.52. The van der Waals surface area contributed by atoms with Gasteiger partial charge in [0.15, 0.2) is 5.22 Å². The summed E-state index contributed by atoms with van der Waals surface area (Å²) in [7, 11) is 0. The molecule has 2 aromatic heterocycles. The summed E-state index contributed by atoms with van der Waals surface area (Å²) in [6.07, 6.45) is 0.882. The van der Waals surface area contributed by atoms with E-state index < -0.39 is 6.10 Å². The molecule has 0 radical (unpaired) electrons. The molecule has 1 aromatic carbocycles. The lowest BCUT2D eigenvalue weighted by atomic mass is 10.0. The summed E-state index contributed by atoms with van der Waals surface area (Å²) in [6, 6.07) is 12.7. The normalized spacial score (nSPS) is 12.8. The van der Waals surface area contributed by atoms with E-state index in [0.29, 0.717) is 5.76 Å². The molecule has 2 heterocycles. The molecule has 1 unspecified atom stereocenters. The lowest BCUT2D eigenvalue weighted by Gasteiger charge is -2.10. The van der Waals surface area contributed by atoms with Crippen LogP contribution < -0.4 is 0 Å². The predicted octanol–water partition coefficient (Wildman–Crippen LogP) is 3.56. The minimum atomic E-state index is -0.842. The summed E-state index contributed by atoms with van der Waals surface area (Å²) in [6.45, 7) is 0. The topological polar surface area (TPSA) is 46.3 Å². The average Bonchev–Trinajstić information content (AvgIpc) is 2.84. The largest absolute Gasteiger partial charge is 0.447 e. The minimum absolute atomic E-state index is 0.266. The number of benzene rings is 1. The molecule has 0 aliphatic heterocycles. The van der Waals surface area contributed by atoms with Crippen molar-refractivity contribution in [3.8, 4) is 0 Å². The molecule has 3 nitrogen and oxygen atoms in total. The molecule has 1 atom stereocenters. The van der Waals surface area contributed by atoms with E-state index in [-0.39, 0.29) is 5.22 Å². The van der Waals surface area contributed by atoms with Gasteiger partial charge in [-0.2, -0.15) is 0 Å². The van der Waals surface area contributed by atoms with Gasteiger partial charge in [0.1, 0.15) is 11.9 Å². The van der Waals surface area contributed by atoms with Gasteiger partial charge < -0.3 is 9.52 Å². The van der Waals surface area contributed by atoms with Gasteiger partial charge in [0, 0.05) is 11.6 Å². The molecule has 0 bridgehead atoms. The molecule has 0 fully saturated rings. The molecule has 0 aliphatic rings. The number of hydrogen-bond donors (Lipinski definition) is 1. The van der Waals surface area contributed by atoms with Crippen LogP contribution in [0.15, 0.2) is 53.1 Å². The second kappa shape index (κ2) is 4.44. The van der Waals surface area contributed by atoms with E-state index in [1.54, 1.807) is 18.3 Å². The maximum Gasteiger partial charge on any atom is 0.193 e. The molecular formula is C14H10ClNO2. The third-order valence-corrected chi connectivity index (χ3v) is 3.04. The Kier molecular flexibility index (Phi) is 2.78. The number of halogens is 1. The van der Waals surface area contributed by atoms with Gasteiger partial charge >= 0.3 is 0 Å². The van der Waals surface area contributed by atoms with Crippen LogP contribution >= 0.6 is 11.6 Å². The first-order chi connectivity index (χ1) is 8.75. The first kappa shape index (κ1) is 11.3. The Morgan fingerprint density at radius 1 is 1.11 bits per heavy atom. The molecule has 0 saturated heterocycles. The summed E-state index contributed by atoms with van der Waals surface area (Å²) in [5, 5.41) is 11.5. The van der Waals surface area contributed by atoms with E-state index in [1.165, 1.54) is 0 Å². The molecule has 18 heavy (non-hydrogen) atoms. The van der Waals surface area contributed by atoms with Crippen molar-refractivity contribution in [2.45, 2.75) is 6.10 Å². The van der Waals surface area contributed by atoms with Crippen molar-refractivity contribution >= 4 is 22.5 Å². The van der Waals surface area contributed by atoms with Gasteiger partial charge in [0.05, 0.1) is 5.52 Å². The third kappa shape index (κ3) is 1.88. The molecule has 0 spiro atoms. The molecule has 3 rings (SSSR count). The van der Waals surface area contributed by atoms with Crippen LogP contribution in [0.5, 0.6) is 0 Å². The second-order valence-electron chi connectivity index (χ2n) is 3.96. The number of fused-ring (bicyclic) bond motifs is 1. The van der Waals surface area contributed by atoms with E-state index in [2.05, 4.69) is 4.98 Å². The summed E-state index contributed by atoms with van der Waals surface area (Å²) >= 11 is 5.72. The van der Waals surface area contributed by atoms with Gasteiger partial charge in [0.2, 0.25) is 0 Å². The highest BCUT2D eigenvalue weighted by molar-refractivity contribution is 6.28. The Hall–Kier alpha value is -1.84. The van der Waals surface area contributed by atoms with E-state index in [4.69, 9.17) is 16.0 Å². The summed E-state index contributed by atoms with van der Waals surface area (Å²) in [5.74, 6) is 0.427. The lowest BCUT2D eigenvalue weighted by Crippen LogP contribution is -1.99. The molecule has 0 aliphatic carbocycles. The van der Waals surface area contributed by atoms with Crippen molar-refractivity contribution in [1.82, 2.24) is 4.98 Å². The maximum absolute atomic E-state index is 10.3. The van der Waals surface area contributed by atoms with E-state index in [0.717, 1.165) is 16.5 Å². The second-order valence-corrected chi connectivity index (χ2v) is 4.33. The van der Waals surface area contributed by atoms with Crippen LogP contribution in [0.1, 0.15) is 17.4 Å². The Balaban J connectivity index is 2.14. The van der Waals surface area contributed by atoms with E-state index in [9.17, 15) is 5.11 Å². The average molecular weight is 260 g/mol. The molecular weight excluding hydrogens is 250 g/mol. The number of aromatic nitrogens is 1. The number of aliphatic hydroxyl groups excluding tert-OH is 1. The van der Waals surface area contributed by atoms with Gasteiger partial charge in [-0.15, -0.1) is 0 Å². The Morgan fingerprint density at radius 3 is 2.78 bits per heavy atom. The number of rotatable bonds is 2. The van der Waals surface area contributed by atoms with Gasteiger partial charge in [-0.3, -0.25) is 4.98 Å². The fourth-order valence-electron chi connectivity index (χ4n) is 1.99. The van der Waals surface area contributed by atoms with Crippen molar-refractivity contribution in [2.24, 2.45) is 0 Å². The number of furan rings is 1. The van der Waals surface area contributed by atoms with Gasteiger partial charge in [-0.25, -0.2) is 0 Å². The standard InChI is InChI=1S/C14H10ClNO2/c15-13-7-6-12(18-13)14(17)10-3-1-5-11-9(10)4-2-8-16-11/h1-8,14,17H. The van der Waals surface area contributed by atoms with Crippen LogP contribution in [0.3, 0.4) is 0 Å². The Bertz CT molecular complexity index is 688. The van der Waals surface area contributed by atoms with Gasteiger partial charge in [0.25, 0.3) is 0 Å². The SMILES string of the molecule is OC(c1ccc(Cl)o1)c1cccc2ncccc12. The van der Waals surface area contributed by atoms with Crippen molar-refractivity contribution in [3.63, 3.8) is 0 Å². The summed E-state index contributed by atoms with van der Waals surface area (Å²) in [4.78, 5) is 4.26. The van der Waals surface area contributed by atoms with E-state index >= 15 is 0 Å². The van der Waals surface area contributed by atoms with Crippen LogP contribution in [0.2, 0.25) is 5.22 Å². The summed E-state index contributed by atoms with van der Waals surface area (Å²) < 4.78 is 5.24. The van der Waals surface area contributed by atoms with Crippen LogP contribution in [-0.2, 0) is 0 Å². The van der Waals surface area contributed by atoms with Crippen molar-refractivity contribution in [1.29, 1.82) is 0 Å². The molecule has 4 heteroatoms. The highest BCUT2D eigenvalue weighted by Crippen LogP contribution is 2.29. The maximum atomic E-state index is 10.3. The minimum Gasteiger partial charge on any atom is -0.447 e. The smallest absolute Gasteiger partial charge is 0.193 e. The van der Waals surface area contributed by atoms with Crippen molar-refractivity contribution in [3.05, 3.63) is 65.2 Å². The molecule has 90 valence electrons. The zero-order valence-corrected chi connectivity index (χ0v) is 10.1. The van der Waals surface area contributed by atoms with E-state index in [1.807, 2.05) is 30.3 Å². The van der Waals surface area contributed by atoms with Gasteiger partial charge in [-0.1, -0.05) is 18.2 Å². The van der Waals surface area contributed by atoms with Crippen molar-refractivity contribution < 1.29 is 9.52 Å².